The summed E-state index contributed by atoms with van der Waals surface area (Å²) >= 11 is 5.86. The molecule has 2 N–H and O–H groups in total. The number of rotatable bonds is 2. The summed E-state index contributed by atoms with van der Waals surface area (Å²) in [7, 11) is 0. The van der Waals surface area contributed by atoms with Crippen molar-refractivity contribution >= 4 is 17.4 Å². The first kappa shape index (κ1) is 15.8. The first-order chi connectivity index (χ1) is 11.2. The van der Waals surface area contributed by atoms with Gasteiger partial charge in [-0.15, -0.1) is 0 Å². The Bertz CT molecular complexity index is 713. The molecular weight excluding hydrogens is 310 g/mol. The standard InChI is InChI=1S/C18H18ClN3O/c19-14-4-1-13(2-5-14)3-6-16-11-18(21-12-20-16)22-15-7-9-17(23)10-8-15/h1-2,4-5,11-12,15,17,23H,7-10H2,(H,20,21,22). The minimum absolute atomic E-state index is 0.153. The summed E-state index contributed by atoms with van der Waals surface area (Å²) in [4.78, 5) is 8.44. The third-order valence-electron chi connectivity index (χ3n) is 3.89. The van der Waals surface area contributed by atoms with Crippen LogP contribution in [0.5, 0.6) is 0 Å². The number of aliphatic hydroxyl groups excluding tert-OH is 1. The lowest BCUT2D eigenvalue weighted by molar-refractivity contribution is 0.126. The van der Waals surface area contributed by atoms with Crippen molar-refractivity contribution in [1.82, 2.24) is 9.97 Å². The molecule has 1 aromatic carbocycles. The van der Waals surface area contributed by atoms with Gasteiger partial charge in [0.25, 0.3) is 0 Å². The van der Waals surface area contributed by atoms with Crippen LogP contribution in [0.15, 0.2) is 36.7 Å². The summed E-state index contributed by atoms with van der Waals surface area (Å²) in [5.74, 6) is 6.89. The summed E-state index contributed by atoms with van der Waals surface area (Å²) in [6.07, 6.45) is 4.96. The number of hydrogen-bond donors (Lipinski definition) is 2. The van der Waals surface area contributed by atoms with Crippen LogP contribution in [-0.2, 0) is 0 Å². The minimum Gasteiger partial charge on any atom is -0.393 e. The molecule has 4 nitrogen and oxygen atoms in total. The van der Waals surface area contributed by atoms with E-state index in [4.69, 9.17) is 11.6 Å². The number of anilines is 1. The zero-order valence-corrected chi connectivity index (χ0v) is 13.4. The van der Waals surface area contributed by atoms with Gasteiger partial charge in [-0.3, -0.25) is 0 Å². The van der Waals surface area contributed by atoms with Crippen molar-refractivity contribution in [1.29, 1.82) is 0 Å². The van der Waals surface area contributed by atoms with E-state index >= 15 is 0 Å². The lowest BCUT2D eigenvalue weighted by atomic mass is 9.93. The van der Waals surface area contributed by atoms with Crippen LogP contribution in [0.4, 0.5) is 5.82 Å². The third-order valence-corrected chi connectivity index (χ3v) is 4.15. The number of hydrogen-bond acceptors (Lipinski definition) is 4. The summed E-state index contributed by atoms with van der Waals surface area (Å²) in [6, 6.07) is 9.59. The molecule has 0 bridgehead atoms. The molecule has 0 radical (unpaired) electrons. The number of benzene rings is 1. The van der Waals surface area contributed by atoms with Crippen LogP contribution in [-0.4, -0.2) is 27.2 Å². The highest BCUT2D eigenvalue weighted by Gasteiger charge is 2.19. The quantitative estimate of drug-likeness (QED) is 0.831. The molecule has 0 spiro atoms. The molecule has 23 heavy (non-hydrogen) atoms. The van der Waals surface area contributed by atoms with Crippen LogP contribution in [0.2, 0.25) is 5.02 Å². The molecule has 1 aromatic heterocycles. The summed E-state index contributed by atoms with van der Waals surface area (Å²) < 4.78 is 0. The Morgan fingerprint density at radius 1 is 1.04 bits per heavy atom. The molecule has 0 saturated heterocycles. The molecule has 0 unspecified atom stereocenters. The van der Waals surface area contributed by atoms with Crippen LogP contribution >= 0.6 is 11.6 Å². The van der Waals surface area contributed by atoms with Crippen molar-refractivity contribution < 1.29 is 5.11 Å². The predicted molar refractivity (Wildman–Crippen MR) is 91.3 cm³/mol. The number of nitrogens with one attached hydrogen (secondary N) is 1. The van der Waals surface area contributed by atoms with Gasteiger partial charge in [0, 0.05) is 22.7 Å². The van der Waals surface area contributed by atoms with E-state index in [1.54, 1.807) is 0 Å². The number of halogens is 1. The van der Waals surface area contributed by atoms with Crippen LogP contribution in [0.3, 0.4) is 0 Å². The second-order valence-corrected chi connectivity index (χ2v) is 6.13. The first-order valence-electron chi connectivity index (χ1n) is 7.73. The van der Waals surface area contributed by atoms with Gasteiger partial charge in [0.1, 0.15) is 17.8 Å². The topological polar surface area (TPSA) is 58.0 Å². The van der Waals surface area contributed by atoms with E-state index in [2.05, 4.69) is 27.1 Å². The molecule has 2 aromatic rings. The van der Waals surface area contributed by atoms with E-state index in [1.807, 2.05) is 30.3 Å². The average molecular weight is 328 g/mol. The molecule has 1 fully saturated rings. The van der Waals surface area contributed by atoms with Crippen molar-refractivity contribution in [2.45, 2.75) is 37.8 Å². The largest absolute Gasteiger partial charge is 0.393 e. The molecule has 1 heterocycles. The van der Waals surface area contributed by atoms with Crippen LogP contribution < -0.4 is 5.32 Å². The third kappa shape index (κ3) is 4.69. The van der Waals surface area contributed by atoms with Crippen molar-refractivity contribution in [3.63, 3.8) is 0 Å². The van der Waals surface area contributed by atoms with Gasteiger partial charge in [-0.2, -0.15) is 0 Å². The van der Waals surface area contributed by atoms with Crippen molar-refractivity contribution in [3.8, 4) is 11.8 Å². The Hall–Kier alpha value is -2.09. The zero-order chi connectivity index (χ0) is 16.1. The number of aliphatic hydroxyl groups is 1. The van der Waals surface area contributed by atoms with Crippen molar-refractivity contribution in [3.05, 3.63) is 52.9 Å². The van der Waals surface area contributed by atoms with E-state index in [0.717, 1.165) is 37.1 Å². The molecule has 118 valence electrons. The fraction of sp³-hybridized carbons (Fsp3) is 0.333. The van der Waals surface area contributed by atoms with Crippen LogP contribution in [0.25, 0.3) is 0 Å². The second-order valence-electron chi connectivity index (χ2n) is 5.70. The molecule has 1 aliphatic carbocycles. The molecule has 0 atom stereocenters. The van der Waals surface area contributed by atoms with Gasteiger partial charge >= 0.3 is 0 Å². The average Bonchev–Trinajstić information content (AvgIpc) is 2.57. The van der Waals surface area contributed by atoms with Crippen molar-refractivity contribution in [2.24, 2.45) is 0 Å². The van der Waals surface area contributed by atoms with E-state index in [1.165, 1.54) is 6.33 Å². The fourth-order valence-corrected chi connectivity index (χ4v) is 2.73. The van der Waals surface area contributed by atoms with Gasteiger partial charge in [-0.05, 0) is 55.9 Å². The van der Waals surface area contributed by atoms with Gasteiger partial charge in [-0.25, -0.2) is 9.97 Å². The van der Waals surface area contributed by atoms with E-state index < -0.39 is 0 Å². The monoisotopic (exact) mass is 327 g/mol. The zero-order valence-electron chi connectivity index (χ0n) is 12.7. The van der Waals surface area contributed by atoms with E-state index in [-0.39, 0.29) is 6.10 Å². The van der Waals surface area contributed by atoms with Gasteiger partial charge in [0.15, 0.2) is 0 Å². The summed E-state index contributed by atoms with van der Waals surface area (Å²) in [5.41, 5.74) is 1.57. The van der Waals surface area contributed by atoms with E-state index in [9.17, 15) is 5.11 Å². The van der Waals surface area contributed by atoms with Crippen LogP contribution in [0, 0.1) is 11.8 Å². The fourth-order valence-electron chi connectivity index (χ4n) is 2.60. The molecule has 1 aliphatic rings. The summed E-state index contributed by atoms with van der Waals surface area (Å²) in [5, 5.41) is 13.6. The number of nitrogens with zero attached hydrogens (tertiary/aromatic N) is 2. The van der Waals surface area contributed by atoms with Crippen LogP contribution in [0.1, 0.15) is 36.9 Å². The molecule has 0 amide bonds. The first-order valence-corrected chi connectivity index (χ1v) is 8.11. The Kier molecular flexibility index (Phi) is 5.12. The lowest BCUT2D eigenvalue weighted by Gasteiger charge is -2.26. The maximum absolute atomic E-state index is 9.55. The smallest absolute Gasteiger partial charge is 0.130 e. The highest BCUT2D eigenvalue weighted by atomic mass is 35.5. The maximum atomic E-state index is 9.55. The molecule has 1 saturated carbocycles. The van der Waals surface area contributed by atoms with Gasteiger partial charge in [-0.1, -0.05) is 17.5 Å². The SMILES string of the molecule is OC1CCC(Nc2cc(C#Cc3ccc(Cl)cc3)ncn2)CC1. The van der Waals surface area contributed by atoms with Gasteiger partial charge in [0.2, 0.25) is 0 Å². The highest BCUT2D eigenvalue weighted by Crippen LogP contribution is 2.21. The highest BCUT2D eigenvalue weighted by molar-refractivity contribution is 6.30. The summed E-state index contributed by atoms with van der Waals surface area (Å²) in [6.45, 7) is 0. The Balaban J connectivity index is 1.67. The molecule has 0 aliphatic heterocycles. The molecule has 3 rings (SSSR count). The Morgan fingerprint density at radius 2 is 1.78 bits per heavy atom. The van der Waals surface area contributed by atoms with Gasteiger partial charge in [0.05, 0.1) is 6.10 Å². The lowest BCUT2D eigenvalue weighted by Crippen LogP contribution is -2.28. The second kappa shape index (κ2) is 7.45. The molecular formula is C18H18ClN3O. The molecule has 5 heteroatoms. The normalized spacial score (nSPS) is 20.4. The maximum Gasteiger partial charge on any atom is 0.130 e. The number of aromatic nitrogens is 2. The van der Waals surface area contributed by atoms with Gasteiger partial charge < -0.3 is 10.4 Å². The minimum atomic E-state index is -0.153. The Labute approximate surface area is 140 Å². The van der Waals surface area contributed by atoms with E-state index in [0.29, 0.717) is 16.8 Å². The van der Waals surface area contributed by atoms with Crippen molar-refractivity contribution in [2.75, 3.05) is 5.32 Å². The Morgan fingerprint density at radius 3 is 2.52 bits per heavy atom. The predicted octanol–water partition coefficient (Wildman–Crippen LogP) is 3.25.